The Kier molecular flexibility index (Phi) is 5.58. The fourth-order valence-corrected chi connectivity index (χ4v) is 3.38. The molecule has 0 radical (unpaired) electrons. The maximum Gasteiger partial charge on any atom is 0.237 e. The van der Waals surface area contributed by atoms with E-state index < -0.39 is 0 Å². The predicted molar refractivity (Wildman–Crippen MR) is 104 cm³/mol. The molecule has 0 fully saturated rings. The first-order valence-electron chi connectivity index (χ1n) is 8.01. The van der Waals surface area contributed by atoms with Gasteiger partial charge in [-0.15, -0.1) is 10.2 Å². The van der Waals surface area contributed by atoms with Gasteiger partial charge in [0.25, 0.3) is 0 Å². The van der Waals surface area contributed by atoms with Gasteiger partial charge in [0, 0.05) is 18.8 Å². The molecule has 26 heavy (non-hydrogen) atoms. The monoisotopic (exact) mass is 387 g/mol. The summed E-state index contributed by atoms with van der Waals surface area (Å²) < 4.78 is 1.90. The fourth-order valence-electron chi connectivity index (χ4n) is 2.40. The number of aryl methyl sites for hydroxylation is 1. The maximum atomic E-state index is 12.4. The van der Waals surface area contributed by atoms with Crippen molar-refractivity contribution in [2.45, 2.75) is 24.3 Å². The highest BCUT2D eigenvalue weighted by molar-refractivity contribution is 8.00. The molecule has 0 spiro atoms. The molecule has 1 aromatic carbocycles. The van der Waals surface area contributed by atoms with Crippen LogP contribution in [0.4, 0.5) is 5.69 Å². The Morgan fingerprint density at radius 1 is 1.23 bits per heavy atom. The number of carbonyl (C=O) groups excluding carboxylic acids is 1. The smallest absolute Gasteiger partial charge is 0.237 e. The van der Waals surface area contributed by atoms with Gasteiger partial charge >= 0.3 is 0 Å². The summed E-state index contributed by atoms with van der Waals surface area (Å²) in [7, 11) is 1.90. The van der Waals surface area contributed by atoms with Crippen LogP contribution >= 0.6 is 23.4 Å². The van der Waals surface area contributed by atoms with E-state index >= 15 is 0 Å². The molecule has 0 aliphatic heterocycles. The minimum absolute atomic E-state index is 0.176. The zero-order valence-electron chi connectivity index (χ0n) is 14.6. The van der Waals surface area contributed by atoms with Gasteiger partial charge in [-0.05, 0) is 31.5 Å². The van der Waals surface area contributed by atoms with Gasteiger partial charge in [0.2, 0.25) is 5.91 Å². The van der Waals surface area contributed by atoms with Crippen molar-refractivity contribution < 1.29 is 4.79 Å². The van der Waals surface area contributed by atoms with Crippen molar-refractivity contribution in [2.75, 3.05) is 5.32 Å². The molecule has 134 valence electrons. The summed E-state index contributed by atoms with van der Waals surface area (Å²) in [5.74, 6) is 0.596. The number of carbonyl (C=O) groups is 1. The minimum atomic E-state index is -0.376. The van der Waals surface area contributed by atoms with Crippen LogP contribution < -0.4 is 5.32 Å². The molecule has 0 saturated heterocycles. The minimum Gasteiger partial charge on any atom is -0.322 e. The number of pyridine rings is 1. The third-order valence-electron chi connectivity index (χ3n) is 3.89. The molecule has 2 aromatic heterocycles. The van der Waals surface area contributed by atoms with Gasteiger partial charge in [0.05, 0.1) is 10.9 Å². The SMILES string of the molecule is Cc1ccccc1-c1nnc(S[C@@H](C)C(=O)Nc2cccnc2Cl)n1C. The summed E-state index contributed by atoms with van der Waals surface area (Å²) in [6, 6.07) is 11.4. The van der Waals surface area contributed by atoms with Crippen LogP contribution in [0.2, 0.25) is 5.15 Å². The first kappa shape index (κ1) is 18.4. The number of thioether (sulfide) groups is 1. The lowest BCUT2D eigenvalue weighted by atomic mass is 10.1. The molecule has 0 saturated carbocycles. The molecule has 8 heteroatoms. The van der Waals surface area contributed by atoms with E-state index in [4.69, 9.17) is 11.6 Å². The largest absolute Gasteiger partial charge is 0.322 e. The van der Waals surface area contributed by atoms with Crippen LogP contribution in [-0.2, 0) is 11.8 Å². The maximum absolute atomic E-state index is 12.4. The molecule has 2 heterocycles. The first-order valence-corrected chi connectivity index (χ1v) is 9.26. The topological polar surface area (TPSA) is 72.7 Å². The Morgan fingerprint density at radius 3 is 2.73 bits per heavy atom. The number of anilines is 1. The average molecular weight is 388 g/mol. The molecular weight excluding hydrogens is 370 g/mol. The lowest BCUT2D eigenvalue weighted by molar-refractivity contribution is -0.115. The van der Waals surface area contributed by atoms with Crippen molar-refractivity contribution in [3.63, 3.8) is 0 Å². The van der Waals surface area contributed by atoms with E-state index in [0.29, 0.717) is 10.8 Å². The van der Waals surface area contributed by atoms with E-state index in [2.05, 4.69) is 20.5 Å². The number of aromatic nitrogens is 4. The molecular formula is C18H18ClN5OS. The van der Waals surface area contributed by atoms with Crippen molar-refractivity contribution in [3.8, 4) is 11.4 Å². The van der Waals surface area contributed by atoms with Gasteiger partial charge in [-0.25, -0.2) is 4.98 Å². The lowest BCUT2D eigenvalue weighted by Crippen LogP contribution is -2.23. The number of benzene rings is 1. The van der Waals surface area contributed by atoms with Crippen molar-refractivity contribution in [1.82, 2.24) is 19.7 Å². The third kappa shape index (κ3) is 3.89. The van der Waals surface area contributed by atoms with Crippen LogP contribution in [0.5, 0.6) is 0 Å². The van der Waals surface area contributed by atoms with Gasteiger partial charge in [-0.3, -0.25) is 4.79 Å². The number of hydrogen-bond acceptors (Lipinski definition) is 5. The molecule has 1 amide bonds. The number of amides is 1. The second-order valence-electron chi connectivity index (χ2n) is 5.77. The van der Waals surface area contributed by atoms with E-state index in [1.165, 1.54) is 11.8 Å². The fraction of sp³-hybridized carbons (Fsp3) is 0.222. The normalized spacial score (nSPS) is 12.0. The van der Waals surface area contributed by atoms with Crippen LogP contribution in [0.15, 0.2) is 47.8 Å². The van der Waals surface area contributed by atoms with Crippen LogP contribution in [-0.4, -0.2) is 30.9 Å². The summed E-state index contributed by atoms with van der Waals surface area (Å²) in [6.07, 6.45) is 1.57. The second-order valence-corrected chi connectivity index (χ2v) is 7.44. The third-order valence-corrected chi connectivity index (χ3v) is 5.32. The first-order chi connectivity index (χ1) is 12.5. The standard InChI is InChI=1S/C18H18ClN5OS/c1-11-7-4-5-8-13(11)16-22-23-18(24(16)3)26-12(2)17(25)21-14-9-6-10-20-15(14)19/h4-10,12H,1-3H3,(H,21,25)/t12-/m0/s1. The number of hydrogen-bond donors (Lipinski definition) is 1. The molecule has 0 aliphatic carbocycles. The Bertz CT molecular complexity index is 943. The van der Waals surface area contributed by atoms with E-state index in [1.807, 2.05) is 49.7 Å². The molecule has 0 aliphatic rings. The molecule has 0 bridgehead atoms. The van der Waals surface area contributed by atoms with Crippen LogP contribution in [0, 0.1) is 6.92 Å². The zero-order valence-corrected chi connectivity index (χ0v) is 16.2. The van der Waals surface area contributed by atoms with Crippen LogP contribution in [0.25, 0.3) is 11.4 Å². The summed E-state index contributed by atoms with van der Waals surface area (Å²) in [5, 5.41) is 11.9. The summed E-state index contributed by atoms with van der Waals surface area (Å²) in [4.78, 5) is 16.4. The number of rotatable bonds is 5. The molecule has 1 atom stereocenters. The summed E-state index contributed by atoms with van der Waals surface area (Å²) >= 11 is 7.32. The van der Waals surface area contributed by atoms with Crippen molar-refractivity contribution in [3.05, 3.63) is 53.3 Å². The Hall–Kier alpha value is -2.38. The number of nitrogens with zero attached hydrogens (tertiary/aromatic N) is 4. The van der Waals surface area contributed by atoms with Crippen LogP contribution in [0.1, 0.15) is 12.5 Å². The highest BCUT2D eigenvalue weighted by Gasteiger charge is 2.20. The van der Waals surface area contributed by atoms with E-state index in [-0.39, 0.29) is 16.3 Å². The van der Waals surface area contributed by atoms with Gasteiger partial charge in [0.15, 0.2) is 16.1 Å². The highest BCUT2D eigenvalue weighted by atomic mass is 35.5. The van der Waals surface area contributed by atoms with E-state index in [0.717, 1.165) is 17.0 Å². The second kappa shape index (κ2) is 7.88. The molecule has 1 N–H and O–H groups in total. The Balaban J connectivity index is 1.74. The number of nitrogens with one attached hydrogen (secondary N) is 1. The van der Waals surface area contributed by atoms with Crippen molar-refractivity contribution >= 4 is 35.0 Å². The summed E-state index contributed by atoms with van der Waals surface area (Å²) in [5.41, 5.74) is 2.63. The van der Waals surface area contributed by atoms with Gasteiger partial charge < -0.3 is 9.88 Å². The molecule has 3 rings (SSSR count). The Morgan fingerprint density at radius 2 is 2.00 bits per heavy atom. The van der Waals surface area contributed by atoms with Crippen molar-refractivity contribution in [1.29, 1.82) is 0 Å². The van der Waals surface area contributed by atoms with Gasteiger partial charge in [-0.1, -0.05) is 47.6 Å². The quantitative estimate of drug-likeness (QED) is 0.530. The van der Waals surface area contributed by atoms with Gasteiger partial charge in [0.1, 0.15) is 0 Å². The highest BCUT2D eigenvalue weighted by Crippen LogP contribution is 2.28. The number of halogens is 1. The average Bonchev–Trinajstić information content (AvgIpc) is 2.98. The lowest BCUT2D eigenvalue weighted by Gasteiger charge is -2.12. The molecule has 0 unspecified atom stereocenters. The van der Waals surface area contributed by atoms with Gasteiger partial charge in [-0.2, -0.15) is 0 Å². The molecule has 6 nitrogen and oxygen atoms in total. The zero-order chi connectivity index (χ0) is 18.7. The molecule has 3 aromatic rings. The van der Waals surface area contributed by atoms with E-state index in [9.17, 15) is 4.79 Å². The van der Waals surface area contributed by atoms with Crippen LogP contribution in [0.3, 0.4) is 0 Å². The van der Waals surface area contributed by atoms with E-state index in [1.54, 1.807) is 18.3 Å². The summed E-state index contributed by atoms with van der Waals surface area (Å²) in [6.45, 7) is 3.84. The Labute approximate surface area is 161 Å². The van der Waals surface area contributed by atoms with Crippen molar-refractivity contribution in [2.24, 2.45) is 7.05 Å². The predicted octanol–water partition coefficient (Wildman–Crippen LogP) is 3.96.